The summed E-state index contributed by atoms with van der Waals surface area (Å²) in [5.74, 6) is -0.0637. The molecule has 94 valence electrons. The molecule has 1 amide bonds. The first-order chi connectivity index (χ1) is 8.72. The number of thioether (sulfide) groups is 1. The fourth-order valence-electron chi connectivity index (χ4n) is 1.79. The molecule has 0 radical (unpaired) electrons. The third kappa shape index (κ3) is 2.25. The first kappa shape index (κ1) is 11.7. The lowest BCUT2D eigenvalue weighted by molar-refractivity contribution is -0.115. The zero-order valence-corrected chi connectivity index (χ0v) is 11.3. The normalized spacial score (nSPS) is 17.5. The van der Waals surface area contributed by atoms with Gasteiger partial charge in [-0.2, -0.15) is 0 Å². The Hall–Kier alpha value is -1.41. The highest BCUT2D eigenvalue weighted by molar-refractivity contribution is 8.16. The van der Waals surface area contributed by atoms with Gasteiger partial charge >= 0.3 is 0 Å². The molecular weight excluding hydrogens is 270 g/mol. The maximum Gasteiger partial charge on any atom is 0.232 e. The van der Waals surface area contributed by atoms with E-state index in [1.807, 2.05) is 12.3 Å². The molecule has 1 N–H and O–H groups in total. The van der Waals surface area contributed by atoms with Gasteiger partial charge in [0.25, 0.3) is 0 Å². The van der Waals surface area contributed by atoms with Gasteiger partial charge in [0.2, 0.25) is 11.0 Å². The Morgan fingerprint density at radius 1 is 1.56 bits per heavy atom. The van der Waals surface area contributed by atoms with Crippen LogP contribution in [0.5, 0.6) is 0 Å². The number of aryl methyl sites for hydroxylation is 1. The van der Waals surface area contributed by atoms with Crippen molar-refractivity contribution < 1.29 is 4.79 Å². The maximum atomic E-state index is 11.9. The molecule has 0 saturated carbocycles. The number of amidine groups is 1. The van der Waals surface area contributed by atoms with Crippen LogP contribution in [-0.2, 0) is 4.79 Å². The smallest absolute Gasteiger partial charge is 0.232 e. The molecule has 0 fully saturated rings. The van der Waals surface area contributed by atoms with E-state index in [2.05, 4.69) is 25.4 Å². The maximum absolute atomic E-state index is 11.9. The number of rotatable bonds is 3. The third-order valence-corrected chi connectivity index (χ3v) is 4.27. The average molecular weight is 281 g/mol. The molecule has 8 heteroatoms. The molecule has 0 spiro atoms. The van der Waals surface area contributed by atoms with Crippen molar-refractivity contribution in [2.24, 2.45) is 4.99 Å². The van der Waals surface area contributed by atoms with Crippen molar-refractivity contribution >= 4 is 39.3 Å². The molecule has 0 aromatic carbocycles. The monoisotopic (exact) mass is 281 g/mol. The second kappa shape index (κ2) is 4.69. The zero-order valence-electron chi connectivity index (χ0n) is 9.71. The van der Waals surface area contributed by atoms with E-state index in [0.29, 0.717) is 11.6 Å². The predicted octanol–water partition coefficient (Wildman–Crippen LogP) is 1.43. The van der Waals surface area contributed by atoms with Crippen LogP contribution in [0.2, 0.25) is 0 Å². The predicted molar refractivity (Wildman–Crippen MR) is 72.6 cm³/mol. The number of carbonyl (C=O) groups excluding carboxylic acids is 1. The zero-order chi connectivity index (χ0) is 12.5. The molecule has 18 heavy (non-hydrogen) atoms. The molecule has 0 aliphatic carbocycles. The number of hydrogen-bond donors (Lipinski definition) is 1. The molecule has 0 atom stereocenters. The van der Waals surface area contributed by atoms with E-state index in [1.54, 1.807) is 11.8 Å². The lowest BCUT2D eigenvalue weighted by atomic mass is 10.3. The van der Waals surface area contributed by atoms with Crippen molar-refractivity contribution in [3.05, 3.63) is 16.1 Å². The highest BCUT2D eigenvalue weighted by atomic mass is 32.2. The molecule has 3 heterocycles. The molecule has 1 aromatic heterocycles. The van der Waals surface area contributed by atoms with Crippen molar-refractivity contribution in [1.82, 2.24) is 15.1 Å². The van der Waals surface area contributed by atoms with Crippen molar-refractivity contribution in [2.45, 2.75) is 13.3 Å². The largest absolute Gasteiger partial charge is 0.322 e. The van der Waals surface area contributed by atoms with Crippen LogP contribution in [0, 0.1) is 6.92 Å². The highest BCUT2D eigenvalue weighted by Crippen LogP contribution is 2.31. The summed E-state index contributed by atoms with van der Waals surface area (Å²) in [7, 11) is 0. The molecular formula is C10H11N5OS2. The Balaban J connectivity index is 1.60. The van der Waals surface area contributed by atoms with Crippen LogP contribution < -0.4 is 5.32 Å². The first-order valence-corrected chi connectivity index (χ1v) is 7.19. The number of anilines is 1. The van der Waals surface area contributed by atoms with Crippen LogP contribution in [-0.4, -0.2) is 39.3 Å². The van der Waals surface area contributed by atoms with Gasteiger partial charge in [-0.3, -0.25) is 9.79 Å². The van der Waals surface area contributed by atoms with Crippen molar-refractivity contribution in [2.75, 3.05) is 18.4 Å². The van der Waals surface area contributed by atoms with Gasteiger partial charge in [0.05, 0.1) is 13.0 Å². The second-order valence-corrected chi connectivity index (χ2v) is 5.91. The fourth-order valence-corrected chi connectivity index (χ4v) is 3.35. The van der Waals surface area contributed by atoms with E-state index in [4.69, 9.17) is 0 Å². The molecule has 2 aliphatic rings. The summed E-state index contributed by atoms with van der Waals surface area (Å²) in [6, 6.07) is 0. The summed E-state index contributed by atoms with van der Waals surface area (Å²) in [6.45, 7) is 3.55. The number of amides is 1. The summed E-state index contributed by atoms with van der Waals surface area (Å²) in [5, 5.41) is 14.9. The van der Waals surface area contributed by atoms with Crippen LogP contribution in [0.3, 0.4) is 0 Å². The lowest BCUT2D eigenvalue weighted by Gasteiger charge is -2.15. The third-order valence-electron chi connectivity index (χ3n) is 2.56. The van der Waals surface area contributed by atoms with Gasteiger partial charge < -0.3 is 10.2 Å². The van der Waals surface area contributed by atoms with Gasteiger partial charge in [0, 0.05) is 12.2 Å². The van der Waals surface area contributed by atoms with Crippen LogP contribution in [0.25, 0.3) is 0 Å². The van der Waals surface area contributed by atoms with E-state index in [9.17, 15) is 4.79 Å². The Labute approximate surface area is 112 Å². The van der Waals surface area contributed by atoms with Gasteiger partial charge in [0.15, 0.2) is 5.17 Å². The minimum atomic E-state index is -0.0637. The van der Waals surface area contributed by atoms with Gasteiger partial charge in [-0.25, -0.2) is 0 Å². The number of aromatic nitrogens is 2. The summed E-state index contributed by atoms with van der Waals surface area (Å²) >= 11 is 2.96. The van der Waals surface area contributed by atoms with E-state index in [-0.39, 0.29) is 5.91 Å². The highest BCUT2D eigenvalue weighted by Gasteiger charge is 2.27. The Morgan fingerprint density at radius 2 is 2.44 bits per heavy atom. The van der Waals surface area contributed by atoms with Crippen molar-refractivity contribution in [3.63, 3.8) is 0 Å². The SMILES string of the molecule is Cc1nnc(NC(=O)CC2=CSC3=NCCN23)s1. The minimum Gasteiger partial charge on any atom is -0.322 e. The molecule has 6 nitrogen and oxygen atoms in total. The van der Waals surface area contributed by atoms with Crippen molar-refractivity contribution in [1.29, 1.82) is 0 Å². The number of fused-ring (bicyclic) bond motifs is 1. The molecule has 0 bridgehead atoms. The van der Waals surface area contributed by atoms with Crippen molar-refractivity contribution in [3.8, 4) is 0 Å². The first-order valence-electron chi connectivity index (χ1n) is 5.50. The van der Waals surface area contributed by atoms with E-state index >= 15 is 0 Å². The Kier molecular flexibility index (Phi) is 3.04. The molecule has 3 rings (SSSR count). The average Bonchev–Trinajstić information content (AvgIpc) is 2.98. The molecule has 1 aromatic rings. The lowest BCUT2D eigenvalue weighted by Crippen LogP contribution is -2.24. The second-order valence-electron chi connectivity index (χ2n) is 3.89. The summed E-state index contributed by atoms with van der Waals surface area (Å²) in [5.41, 5.74) is 1.01. The van der Waals surface area contributed by atoms with Crippen LogP contribution in [0.1, 0.15) is 11.4 Å². The molecule has 0 unspecified atom stereocenters. The van der Waals surface area contributed by atoms with Gasteiger partial charge in [-0.05, 0) is 12.3 Å². The number of carbonyl (C=O) groups is 1. The quantitative estimate of drug-likeness (QED) is 0.907. The van der Waals surface area contributed by atoms with Crippen LogP contribution in [0.4, 0.5) is 5.13 Å². The Bertz CT molecular complexity index is 550. The number of nitrogens with zero attached hydrogens (tertiary/aromatic N) is 4. The number of aliphatic imine (C=N–C) groups is 1. The summed E-state index contributed by atoms with van der Waals surface area (Å²) in [4.78, 5) is 18.3. The number of nitrogens with one attached hydrogen (secondary N) is 1. The van der Waals surface area contributed by atoms with Gasteiger partial charge in [-0.1, -0.05) is 23.1 Å². The van der Waals surface area contributed by atoms with Crippen LogP contribution >= 0.6 is 23.1 Å². The van der Waals surface area contributed by atoms with Gasteiger partial charge in [-0.15, -0.1) is 10.2 Å². The van der Waals surface area contributed by atoms with E-state index in [0.717, 1.165) is 29.0 Å². The van der Waals surface area contributed by atoms with Crippen LogP contribution in [0.15, 0.2) is 16.1 Å². The molecule has 2 aliphatic heterocycles. The van der Waals surface area contributed by atoms with E-state index < -0.39 is 0 Å². The standard InChI is InChI=1S/C10H11N5OS2/c1-6-13-14-9(18-6)12-8(16)4-7-5-17-10-11-2-3-15(7)10/h5H,2-4H2,1H3,(H,12,14,16). The topological polar surface area (TPSA) is 70.5 Å². The Morgan fingerprint density at radius 3 is 3.22 bits per heavy atom. The summed E-state index contributed by atoms with van der Waals surface area (Å²) < 4.78 is 0. The summed E-state index contributed by atoms with van der Waals surface area (Å²) in [6.07, 6.45) is 0.352. The fraction of sp³-hybridized carbons (Fsp3) is 0.400. The minimum absolute atomic E-state index is 0.0637. The van der Waals surface area contributed by atoms with E-state index in [1.165, 1.54) is 11.3 Å². The number of hydrogen-bond acceptors (Lipinski definition) is 7. The molecule has 0 saturated heterocycles. The van der Waals surface area contributed by atoms with Gasteiger partial charge in [0.1, 0.15) is 5.01 Å².